The number of aliphatic hydroxyl groups is 1. The van der Waals surface area contributed by atoms with Crippen LogP contribution < -0.4 is 0 Å². The molecule has 0 spiro atoms. The van der Waals surface area contributed by atoms with E-state index in [9.17, 15) is 43.2 Å². The van der Waals surface area contributed by atoms with Crippen molar-refractivity contribution in [1.29, 1.82) is 0 Å². The van der Waals surface area contributed by atoms with Gasteiger partial charge in [0.2, 0.25) is 0 Å². The number of phosphoric acid groups is 2. The summed E-state index contributed by atoms with van der Waals surface area (Å²) in [4.78, 5) is 72.6. The Morgan fingerprint density at radius 1 is 0.300 bits per heavy atom. The first-order valence-corrected chi connectivity index (χ1v) is 40.0. The predicted octanol–water partition coefficient (Wildman–Crippen LogP) is 20.4. The minimum Gasteiger partial charge on any atom is -0.462 e. The molecular weight excluding hydrogens is 1190 g/mol. The van der Waals surface area contributed by atoms with Gasteiger partial charge in [-0.1, -0.05) is 311 Å². The molecule has 0 aromatic rings. The molecule has 3 N–H and O–H groups in total. The second-order valence-electron chi connectivity index (χ2n) is 26.6. The summed E-state index contributed by atoms with van der Waals surface area (Å²) in [5.74, 6) is -0.587. The summed E-state index contributed by atoms with van der Waals surface area (Å²) < 4.78 is 68.3. The van der Waals surface area contributed by atoms with Crippen LogP contribution in [0, 0.1) is 11.8 Å². The molecule has 0 aromatic heterocycles. The first-order valence-electron chi connectivity index (χ1n) is 37.0. The highest BCUT2D eigenvalue weighted by Gasteiger charge is 2.30. The summed E-state index contributed by atoms with van der Waals surface area (Å²) in [6, 6.07) is 0. The Hall–Kier alpha value is -1.94. The van der Waals surface area contributed by atoms with Crippen LogP contribution in [0.2, 0.25) is 0 Å². The number of carbonyl (C=O) groups excluding carboxylic acids is 4. The Balaban J connectivity index is 5.24. The Labute approximate surface area is 549 Å². The van der Waals surface area contributed by atoms with Crippen molar-refractivity contribution in [2.45, 2.75) is 381 Å². The smallest absolute Gasteiger partial charge is 0.462 e. The molecule has 0 aromatic carbocycles. The fourth-order valence-corrected chi connectivity index (χ4v) is 12.3. The van der Waals surface area contributed by atoms with Gasteiger partial charge in [-0.15, -0.1) is 0 Å². The summed E-state index contributed by atoms with van der Waals surface area (Å²) in [5.41, 5.74) is 0. The van der Waals surface area contributed by atoms with Gasteiger partial charge < -0.3 is 33.8 Å². The van der Waals surface area contributed by atoms with E-state index < -0.39 is 97.5 Å². The third-order valence-electron chi connectivity index (χ3n) is 16.5. The summed E-state index contributed by atoms with van der Waals surface area (Å²) in [6.07, 6.45) is 48.4. The quantitative estimate of drug-likeness (QED) is 0.0222. The normalized spacial score (nSPS) is 14.1. The minimum atomic E-state index is -4.95. The van der Waals surface area contributed by atoms with Crippen LogP contribution in [0.15, 0.2) is 0 Å². The molecule has 0 saturated carbocycles. The van der Waals surface area contributed by atoms with Crippen molar-refractivity contribution in [3.63, 3.8) is 0 Å². The van der Waals surface area contributed by atoms with Gasteiger partial charge >= 0.3 is 39.5 Å². The molecule has 17 nitrogen and oxygen atoms in total. The van der Waals surface area contributed by atoms with E-state index in [0.29, 0.717) is 25.7 Å². The zero-order valence-electron chi connectivity index (χ0n) is 58.4. The number of hydrogen-bond donors (Lipinski definition) is 3. The molecule has 0 saturated heterocycles. The first-order chi connectivity index (χ1) is 43.4. The van der Waals surface area contributed by atoms with Gasteiger partial charge in [0.1, 0.15) is 19.3 Å². The van der Waals surface area contributed by atoms with Crippen LogP contribution in [0.3, 0.4) is 0 Å². The molecule has 90 heavy (non-hydrogen) atoms. The summed E-state index contributed by atoms with van der Waals surface area (Å²) in [7, 11) is -9.90. The third-order valence-corrected chi connectivity index (χ3v) is 18.4. The molecule has 0 fully saturated rings. The Morgan fingerprint density at radius 2 is 0.511 bits per heavy atom. The van der Waals surface area contributed by atoms with Gasteiger partial charge in [-0.05, 0) is 37.5 Å². The monoisotopic (exact) mass is 1320 g/mol. The molecule has 5 atom stereocenters. The zero-order chi connectivity index (χ0) is 66.5. The van der Waals surface area contributed by atoms with E-state index >= 15 is 0 Å². The van der Waals surface area contributed by atoms with Crippen LogP contribution in [0.5, 0.6) is 0 Å². The number of esters is 4. The van der Waals surface area contributed by atoms with Crippen LogP contribution >= 0.6 is 15.6 Å². The van der Waals surface area contributed by atoms with Crippen LogP contribution in [0.25, 0.3) is 0 Å². The molecule has 0 aliphatic rings. The number of ether oxygens (including phenoxy) is 4. The van der Waals surface area contributed by atoms with Gasteiger partial charge in [-0.2, -0.15) is 0 Å². The van der Waals surface area contributed by atoms with Crippen LogP contribution in [-0.2, 0) is 65.4 Å². The maximum atomic E-state index is 13.0. The van der Waals surface area contributed by atoms with E-state index in [0.717, 1.165) is 102 Å². The molecular formula is C71H138O17P2. The van der Waals surface area contributed by atoms with Gasteiger partial charge in [0, 0.05) is 25.7 Å². The summed E-state index contributed by atoms with van der Waals surface area (Å²) in [5, 5.41) is 10.6. The van der Waals surface area contributed by atoms with Crippen molar-refractivity contribution in [2.24, 2.45) is 11.8 Å². The molecule has 0 bridgehead atoms. The highest BCUT2D eigenvalue weighted by atomic mass is 31.2. The van der Waals surface area contributed by atoms with Crippen molar-refractivity contribution in [3.05, 3.63) is 0 Å². The lowest BCUT2D eigenvalue weighted by molar-refractivity contribution is -0.161. The Bertz CT molecular complexity index is 1750. The molecule has 2 unspecified atom stereocenters. The predicted molar refractivity (Wildman–Crippen MR) is 363 cm³/mol. The lowest BCUT2D eigenvalue weighted by atomic mass is 10.0. The molecule has 19 heteroatoms. The van der Waals surface area contributed by atoms with E-state index in [1.165, 1.54) is 180 Å². The fourth-order valence-electron chi connectivity index (χ4n) is 10.8. The minimum absolute atomic E-state index is 0.107. The summed E-state index contributed by atoms with van der Waals surface area (Å²) >= 11 is 0. The zero-order valence-corrected chi connectivity index (χ0v) is 60.2. The number of phosphoric ester groups is 2. The lowest BCUT2D eigenvalue weighted by Gasteiger charge is -2.21. The molecule has 0 radical (unpaired) electrons. The molecule has 534 valence electrons. The van der Waals surface area contributed by atoms with Crippen molar-refractivity contribution in [2.75, 3.05) is 39.6 Å². The maximum absolute atomic E-state index is 13.0. The summed E-state index contributed by atoms with van der Waals surface area (Å²) in [6.45, 7) is 9.55. The highest BCUT2D eigenvalue weighted by molar-refractivity contribution is 7.47. The van der Waals surface area contributed by atoms with Crippen molar-refractivity contribution < 1.29 is 80.2 Å². The molecule has 0 amide bonds. The lowest BCUT2D eigenvalue weighted by Crippen LogP contribution is -2.30. The number of rotatable bonds is 70. The van der Waals surface area contributed by atoms with Gasteiger partial charge in [0.25, 0.3) is 0 Å². The van der Waals surface area contributed by atoms with Gasteiger partial charge in [0.05, 0.1) is 26.4 Å². The van der Waals surface area contributed by atoms with Crippen LogP contribution in [-0.4, -0.2) is 96.7 Å². The van der Waals surface area contributed by atoms with Crippen LogP contribution in [0.1, 0.15) is 363 Å². The number of hydrogen-bond acceptors (Lipinski definition) is 15. The highest BCUT2D eigenvalue weighted by Crippen LogP contribution is 2.45. The average Bonchev–Trinajstić information content (AvgIpc) is 3.42. The number of aliphatic hydroxyl groups excluding tert-OH is 1. The topological polar surface area (TPSA) is 237 Å². The SMILES string of the molecule is CCCCCCCCCCCCCCCC(=O)O[C@H](COC(=O)CCCCCCCCCCC)COP(=O)(O)OC[C@H](O)COP(=O)(O)OC[C@@H](COC(=O)CCCCCCCCCCCCC(C)C)OC(=O)CCCCCCCCCCCCCCC(C)C. The fraction of sp³-hybridized carbons (Fsp3) is 0.944. The van der Waals surface area contributed by atoms with E-state index in [4.69, 9.17) is 37.0 Å². The molecule has 0 rings (SSSR count). The van der Waals surface area contributed by atoms with Crippen molar-refractivity contribution >= 4 is 39.5 Å². The van der Waals surface area contributed by atoms with E-state index in [1.54, 1.807) is 0 Å². The average molecular weight is 1330 g/mol. The van der Waals surface area contributed by atoms with E-state index in [-0.39, 0.29) is 25.7 Å². The third kappa shape index (κ3) is 64.8. The maximum Gasteiger partial charge on any atom is 0.472 e. The standard InChI is InChI=1S/C71H138O17P2/c1-7-9-11-13-15-17-18-19-23-31-37-43-49-55-70(75)87-66(59-81-68(73)53-47-41-35-27-16-14-12-10-8-2)61-85-89(77,78)83-57-65(72)58-84-90(79,80)86-62-67(60-82-69(74)54-48-42-36-30-26-25-29-34-40-46-52-64(5)6)88-71(76)56-50-44-38-32-24-21-20-22-28-33-39-45-51-63(3)4/h63-67,72H,7-62H2,1-6H3,(H,77,78)(H,79,80)/t65-,66+,67+/m0/s1. The van der Waals surface area contributed by atoms with Crippen LogP contribution in [0.4, 0.5) is 0 Å². The Morgan fingerprint density at radius 3 is 0.756 bits per heavy atom. The largest absolute Gasteiger partial charge is 0.472 e. The second-order valence-corrected chi connectivity index (χ2v) is 29.5. The first kappa shape index (κ1) is 88.1. The van der Waals surface area contributed by atoms with Crippen molar-refractivity contribution in [3.8, 4) is 0 Å². The number of carbonyl (C=O) groups is 4. The molecule has 0 aliphatic heterocycles. The Kier molecular flexibility index (Phi) is 61.8. The molecule has 0 aliphatic carbocycles. The second kappa shape index (κ2) is 63.1. The molecule has 0 heterocycles. The van der Waals surface area contributed by atoms with Gasteiger partial charge in [-0.25, -0.2) is 9.13 Å². The number of unbranched alkanes of at least 4 members (excludes halogenated alkanes) is 40. The van der Waals surface area contributed by atoms with E-state index in [2.05, 4.69) is 41.5 Å². The van der Waals surface area contributed by atoms with Crippen molar-refractivity contribution in [1.82, 2.24) is 0 Å². The van der Waals surface area contributed by atoms with Gasteiger partial charge in [0.15, 0.2) is 12.2 Å². The van der Waals surface area contributed by atoms with E-state index in [1.807, 2.05) is 0 Å². The van der Waals surface area contributed by atoms with Gasteiger partial charge in [-0.3, -0.25) is 37.3 Å².